The van der Waals surface area contributed by atoms with Crippen LogP contribution < -0.4 is 21.3 Å². The molecule has 0 aliphatic carbocycles. The third kappa shape index (κ3) is 4.08. The van der Waals surface area contributed by atoms with Gasteiger partial charge in [-0.25, -0.2) is 4.79 Å². The molecular formula is C21H21ClN4O4. The molecule has 0 bridgehead atoms. The van der Waals surface area contributed by atoms with Crippen LogP contribution in [0.15, 0.2) is 63.1 Å². The zero-order chi connectivity index (χ0) is 21.8. The van der Waals surface area contributed by atoms with Crippen molar-refractivity contribution in [3.8, 4) is 11.6 Å². The molecule has 3 rings (SSSR count). The highest BCUT2D eigenvalue weighted by molar-refractivity contribution is 6.34. The van der Waals surface area contributed by atoms with Gasteiger partial charge in [0.25, 0.3) is 5.56 Å². The van der Waals surface area contributed by atoms with Gasteiger partial charge in [-0.3, -0.25) is 18.9 Å². The first-order chi connectivity index (χ1) is 14.3. The van der Waals surface area contributed by atoms with Gasteiger partial charge >= 0.3 is 5.69 Å². The van der Waals surface area contributed by atoms with Crippen LogP contribution >= 0.6 is 11.6 Å². The summed E-state index contributed by atoms with van der Waals surface area (Å²) in [5.74, 6) is 0.208. The molecule has 0 atom stereocenters. The Bertz CT molecular complexity index is 1230. The lowest BCUT2D eigenvalue weighted by atomic mass is 10.2. The maximum atomic E-state index is 12.8. The predicted octanol–water partition coefficient (Wildman–Crippen LogP) is 2.51. The minimum Gasteiger partial charge on any atom is -0.496 e. The van der Waals surface area contributed by atoms with Crippen LogP contribution in [-0.2, 0) is 20.6 Å². The molecule has 0 aliphatic heterocycles. The normalized spacial score (nSPS) is 11.4. The van der Waals surface area contributed by atoms with E-state index in [0.29, 0.717) is 16.5 Å². The molecule has 156 valence electrons. The van der Waals surface area contributed by atoms with Crippen molar-refractivity contribution < 1.29 is 9.84 Å². The van der Waals surface area contributed by atoms with E-state index in [2.05, 4.69) is 10.3 Å². The van der Waals surface area contributed by atoms with Crippen molar-refractivity contribution >= 4 is 23.1 Å². The van der Waals surface area contributed by atoms with Crippen molar-refractivity contribution in [2.45, 2.75) is 6.54 Å². The van der Waals surface area contributed by atoms with Gasteiger partial charge in [0, 0.05) is 19.7 Å². The van der Waals surface area contributed by atoms with E-state index >= 15 is 0 Å². The average molecular weight is 429 g/mol. The molecule has 1 heterocycles. The van der Waals surface area contributed by atoms with Crippen LogP contribution in [0.5, 0.6) is 11.6 Å². The summed E-state index contributed by atoms with van der Waals surface area (Å²) in [7, 11) is 4.26. The van der Waals surface area contributed by atoms with Crippen molar-refractivity contribution in [1.82, 2.24) is 9.13 Å². The second kappa shape index (κ2) is 8.87. The molecule has 2 aromatic carbocycles. The molecule has 3 aromatic rings. The van der Waals surface area contributed by atoms with E-state index in [1.54, 1.807) is 37.4 Å². The van der Waals surface area contributed by atoms with Crippen molar-refractivity contribution in [1.29, 1.82) is 0 Å². The molecule has 0 unspecified atom stereocenters. The quantitative estimate of drug-likeness (QED) is 0.480. The Morgan fingerprint density at radius 1 is 1.10 bits per heavy atom. The lowest BCUT2D eigenvalue weighted by molar-refractivity contribution is 0.409. The highest BCUT2D eigenvalue weighted by atomic mass is 35.5. The number of nitrogens with one attached hydrogen (secondary N) is 1. The summed E-state index contributed by atoms with van der Waals surface area (Å²) < 4.78 is 7.23. The number of aliphatic imine (C=N–C) groups is 1. The highest BCUT2D eigenvalue weighted by Gasteiger charge is 2.21. The Labute approximate surface area is 177 Å². The van der Waals surface area contributed by atoms with Crippen molar-refractivity contribution in [2.24, 2.45) is 19.1 Å². The van der Waals surface area contributed by atoms with Gasteiger partial charge in [-0.15, -0.1) is 0 Å². The van der Waals surface area contributed by atoms with Gasteiger partial charge in [0.2, 0.25) is 5.88 Å². The molecule has 0 saturated carbocycles. The summed E-state index contributed by atoms with van der Waals surface area (Å²) in [6.45, 7) is 0.155. The first kappa shape index (κ1) is 21.2. The lowest BCUT2D eigenvalue weighted by Crippen LogP contribution is -2.41. The number of halogens is 1. The van der Waals surface area contributed by atoms with Gasteiger partial charge in [-0.1, -0.05) is 41.9 Å². The molecular weight excluding hydrogens is 408 g/mol. The van der Waals surface area contributed by atoms with Crippen LogP contribution in [0, 0.1) is 0 Å². The minimum atomic E-state index is -0.686. The number of benzene rings is 2. The van der Waals surface area contributed by atoms with E-state index in [4.69, 9.17) is 16.3 Å². The molecule has 1 aromatic heterocycles. The fourth-order valence-corrected chi connectivity index (χ4v) is 3.09. The second-order valence-corrected chi connectivity index (χ2v) is 6.89. The summed E-state index contributed by atoms with van der Waals surface area (Å²) in [4.78, 5) is 29.5. The Morgan fingerprint density at radius 3 is 2.47 bits per heavy atom. The van der Waals surface area contributed by atoms with E-state index in [0.717, 1.165) is 14.7 Å². The fourth-order valence-electron chi connectivity index (χ4n) is 2.91. The highest BCUT2D eigenvalue weighted by Crippen LogP contribution is 2.23. The molecule has 8 nitrogen and oxygen atoms in total. The topological polar surface area (TPSA) is 97.8 Å². The van der Waals surface area contributed by atoms with E-state index in [1.165, 1.54) is 14.1 Å². The van der Waals surface area contributed by atoms with E-state index in [1.807, 2.05) is 18.2 Å². The largest absolute Gasteiger partial charge is 0.496 e. The summed E-state index contributed by atoms with van der Waals surface area (Å²) in [5, 5.41) is 14.0. The van der Waals surface area contributed by atoms with Gasteiger partial charge in [0.1, 0.15) is 17.1 Å². The summed E-state index contributed by atoms with van der Waals surface area (Å²) in [6, 6.07) is 14.3. The van der Waals surface area contributed by atoms with Gasteiger partial charge < -0.3 is 15.2 Å². The summed E-state index contributed by atoms with van der Waals surface area (Å²) in [6.07, 6.45) is 0. The third-order valence-corrected chi connectivity index (χ3v) is 4.93. The average Bonchev–Trinajstić information content (AvgIpc) is 2.76. The molecule has 0 amide bonds. The SMILES string of the molecule is COc1ccccc1CN=C(Nc1ccccc1Cl)c1c(O)n(C)c(=O)n(C)c1=O. The molecule has 0 aliphatic rings. The number of amidine groups is 1. The molecule has 9 heteroatoms. The van der Waals surface area contributed by atoms with E-state index in [9.17, 15) is 14.7 Å². The van der Waals surface area contributed by atoms with Crippen LogP contribution in [0.25, 0.3) is 0 Å². The zero-order valence-electron chi connectivity index (χ0n) is 16.7. The van der Waals surface area contributed by atoms with Crippen molar-refractivity contribution in [3.63, 3.8) is 0 Å². The number of rotatable bonds is 5. The number of aromatic nitrogens is 2. The van der Waals surface area contributed by atoms with Crippen LogP contribution in [0.3, 0.4) is 0 Å². The van der Waals surface area contributed by atoms with Crippen LogP contribution in [0.4, 0.5) is 5.69 Å². The standard InChI is InChI=1S/C21H21ClN4O4/c1-25-19(27)17(20(28)26(2)21(25)29)18(24-15-10-6-5-9-14(15)22)23-12-13-8-4-7-11-16(13)30-3/h4-11,27H,12H2,1-3H3,(H,23,24). The monoisotopic (exact) mass is 428 g/mol. The number of hydrogen-bond donors (Lipinski definition) is 2. The summed E-state index contributed by atoms with van der Waals surface area (Å²) in [5.41, 5.74) is -0.209. The molecule has 0 fully saturated rings. The number of ether oxygens (including phenoxy) is 1. The number of hydrogen-bond acceptors (Lipinski definition) is 5. The summed E-state index contributed by atoms with van der Waals surface area (Å²) >= 11 is 6.25. The smallest absolute Gasteiger partial charge is 0.333 e. The Kier molecular flexibility index (Phi) is 6.27. The maximum Gasteiger partial charge on any atom is 0.333 e. The van der Waals surface area contributed by atoms with Crippen molar-refractivity contribution in [2.75, 3.05) is 12.4 Å². The lowest BCUT2D eigenvalue weighted by Gasteiger charge is -2.15. The van der Waals surface area contributed by atoms with Crippen LogP contribution in [0.1, 0.15) is 11.1 Å². The minimum absolute atomic E-state index is 0.0720. The van der Waals surface area contributed by atoms with Crippen molar-refractivity contribution in [3.05, 3.63) is 85.5 Å². The zero-order valence-corrected chi connectivity index (χ0v) is 17.5. The number of aromatic hydroxyl groups is 1. The van der Waals surface area contributed by atoms with Crippen LogP contribution in [-0.4, -0.2) is 27.2 Å². The molecule has 30 heavy (non-hydrogen) atoms. The maximum absolute atomic E-state index is 12.8. The fraction of sp³-hybridized carbons (Fsp3) is 0.190. The molecule has 0 spiro atoms. The van der Waals surface area contributed by atoms with E-state index in [-0.39, 0.29) is 17.9 Å². The van der Waals surface area contributed by atoms with Crippen LogP contribution in [0.2, 0.25) is 5.02 Å². The first-order valence-electron chi connectivity index (χ1n) is 9.02. The van der Waals surface area contributed by atoms with Gasteiger partial charge in [-0.05, 0) is 18.2 Å². The Hall–Kier alpha value is -3.52. The molecule has 0 radical (unpaired) electrons. The van der Waals surface area contributed by atoms with Gasteiger partial charge in [0.15, 0.2) is 0 Å². The number of anilines is 1. The third-order valence-electron chi connectivity index (χ3n) is 4.60. The first-order valence-corrected chi connectivity index (χ1v) is 9.40. The Morgan fingerprint density at radius 2 is 1.77 bits per heavy atom. The van der Waals surface area contributed by atoms with Gasteiger partial charge in [-0.2, -0.15) is 0 Å². The number of para-hydroxylation sites is 2. The second-order valence-electron chi connectivity index (χ2n) is 6.49. The number of methoxy groups -OCH3 is 1. The molecule has 2 N–H and O–H groups in total. The van der Waals surface area contributed by atoms with Gasteiger partial charge in [0.05, 0.1) is 24.4 Å². The van der Waals surface area contributed by atoms with E-state index < -0.39 is 17.1 Å². The predicted molar refractivity (Wildman–Crippen MR) is 117 cm³/mol. The molecule has 0 saturated heterocycles. The Balaban J connectivity index is 2.17. The number of nitrogens with zero attached hydrogens (tertiary/aromatic N) is 3.